The third kappa shape index (κ3) is 3.62. The molecule has 4 rings (SSSR count). The van der Waals surface area contributed by atoms with Gasteiger partial charge in [0, 0.05) is 25.6 Å². The van der Waals surface area contributed by atoms with Crippen molar-refractivity contribution in [3.05, 3.63) is 53.0 Å². The number of carboxylic acid groups (broad SMARTS) is 1. The number of carboxylic acids is 1. The Balaban J connectivity index is 1.43. The van der Waals surface area contributed by atoms with E-state index in [1.807, 2.05) is 32.0 Å². The first-order valence-corrected chi connectivity index (χ1v) is 9.78. The van der Waals surface area contributed by atoms with Gasteiger partial charge in [0.1, 0.15) is 18.1 Å². The zero-order valence-electron chi connectivity index (χ0n) is 16.6. The molecule has 2 fully saturated rings. The first kappa shape index (κ1) is 19.5. The van der Waals surface area contributed by atoms with Gasteiger partial charge in [-0.25, -0.2) is 0 Å². The van der Waals surface area contributed by atoms with Crippen LogP contribution in [0.4, 0.5) is 0 Å². The van der Waals surface area contributed by atoms with Gasteiger partial charge in [-0.2, -0.15) is 0 Å². The average Bonchev–Trinajstić information content (AvgIpc) is 3.32. The van der Waals surface area contributed by atoms with Gasteiger partial charge in [-0.1, -0.05) is 17.7 Å². The number of aliphatic carboxylic acids is 1. The SMILES string of the molecule is Cc1ccc(OCc2ccc(C(=O)N3C[C@H]4COCC[C@@]4(C(=O)O)C3)o2)c(C)c1. The van der Waals surface area contributed by atoms with Crippen molar-refractivity contribution >= 4 is 11.9 Å². The molecule has 1 aromatic carbocycles. The van der Waals surface area contributed by atoms with Gasteiger partial charge in [-0.3, -0.25) is 9.59 Å². The molecule has 1 N–H and O–H groups in total. The Kier molecular flexibility index (Phi) is 5.08. The number of furan rings is 1. The topological polar surface area (TPSA) is 89.2 Å². The second-order valence-electron chi connectivity index (χ2n) is 7.99. The van der Waals surface area contributed by atoms with Crippen molar-refractivity contribution in [1.29, 1.82) is 0 Å². The van der Waals surface area contributed by atoms with E-state index in [0.717, 1.165) is 16.9 Å². The monoisotopic (exact) mass is 399 g/mol. The lowest BCUT2D eigenvalue weighted by Gasteiger charge is -2.33. The van der Waals surface area contributed by atoms with Crippen LogP contribution in [0.2, 0.25) is 0 Å². The number of benzene rings is 1. The van der Waals surface area contributed by atoms with E-state index in [0.29, 0.717) is 31.9 Å². The second-order valence-corrected chi connectivity index (χ2v) is 7.99. The van der Waals surface area contributed by atoms with Crippen LogP contribution < -0.4 is 4.74 Å². The maximum atomic E-state index is 12.9. The van der Waals surface area contributed by atoms with E-state index in [-0.39, 0.29) is 30.7 Å². The molecule has 0 saturated carbocycles. The molecule has 0 unspecified atom stereocenters. The smallest absolute Gasteiger partial charge is 0.311 e. The summed E-state index contributed by atoms with van der Waals surface area (Å²) >= 11 is 0. The van der Waals surface area contributed by atoms with Gasteiger partial charge in [-0.15, -0.1) is 0 Å². The molecule has 2 atom stereocenters. The van der Waals surface area contributed by atoms with E-state index in [9.17, 15) is 14.7 Å². The average molecular weight is 399 g/mol. The van der Waals surface area contributed by atoms with Crippen molar-refractivity contribution in [2.75, 3.05) is 26.3 Å². The van der Waals surface area contributed by atoms with Crippen molar-refractivity contribution in [3.63, 3.8) is 0 Å². The van der Waals surface area contributed by atoms with Crippen LogP contribution in [0.25, 0.3) is 0 Å². The largest absolute Gasteiger partial charge is 0.485 e. The van der Waals surface area contributed by atoms with Crippen molar-refractivity contribution < 1.29 is 28.6 Å². The number of carbonyl (C=O) groups is 2. The predicted molar refractivity (Wildman–Crippen MR) is 104 cm³/mol. The quantitative estimate of drug-likeness (QED) is 0.831. The molecule has 29 heavy (non-hydrogen) atoms. The first-order chi connectivity index (χ1) is 13.9. The summed E-state index contributed by atoms with van der Waals surface area (Å²) in [6.45, 7) is 5.54. The minimum atomic E-state index is -0.921. The summed E-state index contributed by atoms with van der Waals surface area (Å²) in [4.78, 5) is 26.4. The van der Waals surface area contributed by atoms with Gasteiger partial charge in [0.05, 0.1) is 12.0 Å². The normalized spacial score (nSPS) is 23.7. The van der Waals surface area contributed by atoms with Crippen molar-refractivity contribution in [1.82, 2.24) is 4.90 Å². The van der Waals surface area contributed by atoms with E-state index in [1.54, 1.807) is 17.0 Å². The minimum absolute atomic E-state index is 0.185. The standard InChI is InChI=1S/C22H25NO6/c1-14-3-5-18(15(2)9-14)28-12-17-4-6-19(29-17)20(24)23-10-16-11-27-8-7-22(16,13-23)21(25)26/h3-6,9,16H,7-8,10-13H2,1-2H3,(H,25,26)/t16-,22+/m0/s1. The summed E-state index contributed by atoms with van der Waals surface area (Å²) in [5.74, 6) is 0.165. The molecule has 7 heteroatoms. The number of likely N-dealkylation sites (tertiary alicyclic amines) is 1. The first-order valence-electron chi connectivity index (χ1n) is 9.78. The summed E-state index contributed by atoms with van der Waals surface area (Å²) in [7, 11) is 0. The molecule has 0 bridgehead atoms. The van der Waals surface area contributed by atoms with Crippen LogP contribution in [-0.2, 0) is 16.1 Å². The Morgan fingerprint density at radius 3 is 2.83 bits per heavy atom. The number of hydrogen-bond donors (Lipinski definition) is 1. The number of rotatable bonds is 5. The van der Waals surface area contributed by atoms with Crippen molar-refractivity contribution in [3.8, 4) is 5.75 Å². The molecular weight excluding hydrogens is 374 g/mol. The highest BCUT2D eigenvalue weighted by Gasteiger charge is 2.55. The van der Waals surface area contributed by atoms with Crippen LogP contribution in [0.1, 0.15) is 33.9 Å². The van der Waals surface area contributed by atoms with Gasteiger partial charge in [0.25, 0.3) is 5.91 Å². The van der Waals surface area contributed by atoms with Crippen molar-refractivity contribution in [2.45, 2.75) is 26.9 Å². The van der Waals surface area contributed by atoms with E-state index >= 15 is 0 Å². The lowest BCUT2D eigenvalue weighted by Crippen LogP contribution is -2.45. The Morgan fingerprint density at radius 2 is 2.10 bits per heavy atom. The molecule has 2 aliphatic heterocycles. The Bertz CT molecular complexity index is 935. The fourth-order valence-corrected chi connectivity index (χ4v) is 4.29. The van der Waals surface area contributed by atoms with Crippen LogP contribution in [0.5, 0.6) is 5.75 Å². The minimum Gasteiger partial charge on any atom is -0.485 e. The third-order valence-electron chi connectivity index (χ3n) is 5.99. The highest BCUT2D eigenvalue weighted by molar-refractivity contribution is 5.92. The lowest BCUT2D eigenvalue weighted by molar-refractivity contribution is -0.157. The van der Waals surface area contributed by atoms with Gasteiger partial charge < -0.3 is 23.9 Å². The second kappa shape index (κ2) is 7.55. The van der Waals surface area contributed by atoms with Crippen LogP contribution in [0.15, 0.2) is 34.7 Å². The van der Waals surface area contributed by atoms with Crippen LogP contribution in [0.3, 0.4) is 0 Å². The van der Waals surface area contributed by atoms with E-state index in [4.69, 9.17) is 13.9 Å². The molecule has 7 nitrogen and oxygen atoms in total. The predicted octanol–water partition coefficient (Wildman–Crippen LogP) is 3.04. The van der Waals surface area contributed by atoms with Crippen LogP contribution in [0, 0.1) is 25.2 Å². The molecule has 0 aliphatic carbocycles. The maximum Gasteiger partial charge on any atom is 0.311 e. The molecule has 154 valence electrons. The molecular formula is C22H25NO6. The maximum absolute atomic E-state index is 12.9. The number of hydrogen-bond acceptors (Lipinski definition) is 5. The molecule has 3 heterocycles. The van der Waals surface area contributed by atoms with Crippen molar-refractivity contribution in [2.24, 2.45) is 11.3 Å². The van der Waals surface area contributed by atoms with Gasteiger partial charge in [0.15, 0.2) is 5.76 Å². The molecule has 0 spiro atoms. The number of nitrogens with zero attached hydrogens (tertiary/aromatic N) is 1. The Hall–Kier alpha value is -2.80. The number of aryl methyl sites for hydroxylation is 2. The number of fused-ring (bicyclic) bond motifs is 1. The fourth-order valence-electron chi connectivity index (χ4n) is 4.29. The number of amides is 1. The van der Waals surface area contributed by atoms with E-state index in [1.165, 1.54) is 0 Å². The lowest BCUT2D eigenvalue weighted by atomic mass is 9.74. The molecule has 1 amide bonds. The van der Waals surface area contributed by atoms with E-state index in [2.05, 4.69) is 0 Å². The zero-order chi connectivity index (χ0) is 20.6. The van der Waals surface area contributed by atoms with Crippen LogP contribution in [-0.4, -0.2) is 48.2 Å². The van der Waals surface area contributed by atoms with Gasteiger partial charge >= 0.3 is 5.97 Å². The zero-order valence-corrected chi connectivity index (χ0v) is 16.6. The summed E-state index contributed by atoms with van der Waals surface area (Å²) < 4.78 is 16.9. The summed E-state index contributed by atoms with van der Waals surface area (Å²) in [5.41, 5.74) is 1.28. The van der Waals surface area contributed by atoms with Crippen LogP contribution >= 0.6 is 0 Å². The Morgan fingerprint density at radius 1 is 1.28 bits per heavy atom. The Labute approximate surface area is 169 Å². The van der Waals surface area contributed by atoms with Gasteiger partial charge in [0.2, 0.25) is 0 Å². The third-order valence-corrected chi connectivity index (χ3v) is 5.99. The molecule has 0 radical (unpaired) electrons. The highest BCUT2D eigenvalue weighted by Crippen LogP contribution is 2.42. The van der Waals surface area contributed by atoms with E-state index < -0.39 is 11.4 Å². The number of ether oxygens (including phenoxy) is 2. The summed E-state index contributed by atoms with van der Waals surface area (Å²) in [6.07, 6.45) is 0.421. The fraction of sp³-hybridized carbons (Fsp3) is 0.455. The summed E-state index contributed by atoms with van der Waals surface area (Å²) in [6, 6.07) is 9.28. The molecule has 2 aliphatic rings. The molecule has 2 aromatic rings. The highest BCUT2D eigenvalue weighted by atomic mass is 16.5. The molecule has 2 saturated heterocycles. The molecule has 1 aromatic heterocycles. The van der Waals surface area contributed by atoms with Gasteiger partial charge in [-0.05, 0) is 44.0 Å². The summed E-state index contributed by atoms with van der Waals surface area (Å²) in [5, 5.41) is 9.76. The number of carbonyl (C=O) groups excluding carboxylic acids is 1.